The maximum absolute atomic E-state index is 12.6. The maximum atomic E-state index is 12.6. The quantitative estimate of drug-likeness (QED) is 0.591. The van der Waals surface area contributed by atoms with E-state index in [4.69, 9.17) is 19.9 Å². The van der Waals surface area contributed by atoms with Crippen LogP contribution in [0.3, 0.4) is 0 Å². The van der Waals surface area contributed by atoms with Gasteiger partial charge in [0, 0.05) is 23.4 Å². The van der Waals surface area contributed by atoms with E-state index in [1.165, 1.54) is 26.4 Å². The van der Waals surface area contributed by atoms with Crippen LogP contribution in [0.4, 0.5) is 11.4 Å². The fourth-order valence-corrected chi connectivity index (χ4v) is 2.39. The van der Waals surface area contributed by atoms with Crippen LogP contribution in [0.1, 0.15) is 23.7 Å². The van der Waals surface area contributed by atoms with Gasteiger partial charge in [0.25, 0.3) is 11.8 Å². The summed E-state index contributed by atoms with van der Waals surface area (Å²) < 4.78 is 15.8. The second-order valence-corrected chi connectivity index (χ2v) is 5.90. The summed E-state index contributed by atoms with van der Waals surface area (Å²) >= 11 is 0. The van der Waals surface area contributed by atoms with Gasteiger partial charge in [-0.15, -0.1) is 0 Å². The van der Waals surface area contributed by atoms with Gasteiger partial charge >= 0.3 is 0 Å². The first-order chi connectivity index (χ1) is 13.9. The van der Waals surface area contributed by atoms with Crippen molar-refractivity contribution in [2.45, 2.75) is 13.3 Å². The normalized spacial score (nSPS) is 10.0. The van der Waals surface area contributed by atoms with Crippen molar-refractivity contribution in [2.24, 2.45) is 5.73 Å². The fourth-order valence-electron chi connectivity index (χ4n) is 2.39. The van der Waals surface area contributed by atoms with E-state index in [-0.39, 0.29) is 35.3 Å². The number of nitrogens with two attached hydrogens (primary N) is 1. The van der Waals surface area contributed by atoms with Crippen LogP contribution < -0.4 is 30.6 Å². The third-order valence-electron chi connectivity index (χ3n) is 3.83. The molecule has 3 amide bonds. The number of amides is 3. The number of benzene rings is 2. The molecule has 4 N–H and O–H groups in total. The number of nitrogens with one attached hydrogen (secondary N) is 2. The molecule has 0 unspecified atom stereocenters. The van der Waals surface area contributed by atoms with Crippen LogP contribution in [0.25, 0.3) is 0 Å². The van der Waals surface area contributed by atoms with Crippen molar-refractivity contribution in [3.8, 4) is 17.2 Å². The Morgan fingerprint density at radius 2 is 1.45 bits per heavy atom. The summed E-state index contributed by atoms with van der Waals surface area (Å²) in [5.74, 6) is -0.564. The Morgan fingerprint density at radius 3 is 1.90 bits per heavy atom. The lowest BCUT2D eigenvalue weighted by Crippen LogP contribution is -2.20. The zero-order chi connectivity index (χ0) is 21.4. The minimum atomic E-state index is -0.658. The van der Waals surface area contributed by atoms with E-state index in [0.717, 1.165) is 0 Å². The lowest BCUT2D eigenvalue weighted by atomic mass is 10.1. The average Bonchev–Trinajstić information content (AvgIpc) is 2.72. The van der Waals surface area contributed by atoms with Crippen LogP contribution in [0, 0.1) is 0 Å². The summed E-state index contributed by atoms with van der Waals surface area (Å²) in [6.07, 6.45) is 0.376. The van der Waals surface area contributed by atoms with Gasteiger partial charge in [-0.2, -0.15) is 0 Å². The average molecular weight is 401 g/mol. The van der Waals surface area contributed by atoms with Gasteiger partial charge in [0.2, 0.25) is 11.7 Å². The third-order valence-corrected chi connectivity index (χ3v) is 3.83. The Balaban J connectivity index is 2.19. The molecule has 9 heteroatoms. The summed E-state index contributed by atoms with van der Waals surface area (Å²) in [5.41, 5.74) is 6.53. The molecule has 0 aliphatic heterocycles. The molecule has 0 atom stereocenters. The molecule has 0 spiro atoms. The first kappa shape index (κ1) is 21.5. The Bertz CT molecular complexity index is 871. The molecule has 154 valence electrons. The third kappa shape index (κ3) is 5.86. The largest absolute Gasteiger partial charge is 0.493 e. The van der Waals surface area contributed by atoms with E-state index >= 15 is 0 Å². The molecule has 0 heterocycles. The first-order valence-corrected chi connectivity index (χ1v) is 8.76. The van der Waals surface area contributed by atoms with Gasteiger partial charge in [0.1, 0.15) is 0 Å². The minimum absolute atomic E-state index is 0.0976. The van der Waals surface area contributed by atoms with Crippen LogP contribution in [0.2, 0.25) is 0 Å². The zero-order valence-electron chi connectivity index (χ0n) is 16.4. The molecule has 0 aliphatic rings. The van der Waals surface area contributed by atoms with Gasteiger partial charge in [0.05, 0.1) is 14.2 Å². The second-order valence-electron chi connectivity index (χ2n) is 5.90. The minimum Gasteiger partial charge on any atom is -0.493 e. The molecule has 2 rings (SSSR count). The highest BCUT2D eigenvalue weighted by Gasteiger charge is 2.18. The molecule has 0 radical (unpaired) electrons. The Kier molecular flexibility index (Phi) is 7.41. The summed E-state index contributed by atoms with van der Waals surface area (Å²) in [7, 11) is 2.80. The molecule has 0 aliphatic carbocycles. The highest BCUT2D eigenvalue weighted by atomic mass is 16.5. The number of carbonyl (C=O) groups excluding carboxylic acids is 3. The Labute approximate surface area is 168 Å². The fraction of sp³-hybridized carbons (Fsp3) is 0.250. The molecule has 0 bridgehead atoms. The molecule has 2 aromatic rings. The van der Waals surface area contributed by atoms with Crippen molar-refractivity contribution in [3.05, 3.63) is 42.0 Å². The Hall–Kier alpha value is -3.75. The molecule has 0 saturated carbocycles. The Morgan fingerprint density at radius 1 is 0.931 bits per heavy atom. The van der Waals surface area contributed by atoms with Gasteiger partial charge in [-0.1, -0.05) is 6.92 Å². The number of rotatable bonds is 9. The summed E-state index contributed by atoms with van der Waals surface area (Å²) in [6.45, 7) is 1.40. The maximum Gasteiger partial charge on any atom is 0.255 e. The number of primary amides is 1. The van der Waals surface area contributed by atoms with Gasteiger partial charge in [0.15, 0.2) is 18.1 Å². The second kappa shape index (κ2) is 9.98. The van der Waals surface area contributed by atoms with E-state index in [9.17, 15) is 14.4 Å². The van der Waals surface area contributed by atoms with Crippen molar-refractivity contribution < 1.29 is 28.6 Å². The highest BCUT2D eigenvalue weighted by molar-refractivity contribution is 6.05. The predicted octanol–water partition coefficient (Wildman–Crippen LogP) is 2.17. The predicted molar refractivity (Wildman–Crippen MR) is 108 cm³/mol. The molecule has 0 aromatic heterocycles. The topological polar surface area (TPSA) is 129 Å². The van der Waals surface area contributed by atoms with Crippen molar-refractivity contribution >= 4 is 29.1 Å². The lowest BCUT2D eigenvalue weighted by Gasteiger charge is -2.15. The van der Waals surface area contributed by atoms with Crippen molar-refractivity contribution in [1.29, 1.82) is 0 Å². The SMILES string of the molecule is CCC(=O)Nc1ccc(NC(=O)c2cc(OC)c(OCC(N)=O)c(OC)c2)cc1. The van der Waals surface area contributed by atoms with Crippen molar-refractivity contribution in [2.75, 3.05) is 31.5 Å². The number of hydrogen-bond acceptors (Lipinski definition) is 6. The van der Waals surface area contributed by atoms with Crippen LogP contribution in [0.15, 0.2) is 36.4 Å². The number of ether oxygens (including phenoxy) is 3. The molecule has 2 aromatic carbocycles. The van der Waals surface area contributed by atoms with E-state index in [2.05, 4.69) is 10.6 Å². The highest BCUT2D eigenvalue weighted by Crippen LogP contribution is 2.38. The van der Waals surface area contributed by atoms with Crippen LogP contribution in [-0.4, -0.2) is 38.5 Å². The first-order valence-electron chi connectivity index (χ1n) is 8.76. The molecular formula is C20H23N3O6. The zero-order valence-corrected chi connectivity index (χ0v) is 16.4. The van der Waals surface area contributed by atoms with E-state index < -0.39 is 11.8 Å². The molecule has 0 fully saturated rings. The monoisotopic (exact) mass is 401 g/mol. The molecule has 29 heavy (non-hydrogen) atoms. The summed E-state index contributed by atoms with van der Waals surface area (Å²) in [5, 5.41) is 5.48. The van der Waals surface area contributed by atoms with Crippen molar-refractivity contribution in [1.82, 2.24) is 0 Å². The van der Waals surface area contributed by atoms with Crippen LogP contribution in [0.5, 0.6) is 17.2 Å². The number of hydrogen-bond donors (Lipinski definition) is 3. The van der Waals surface area contributed by atoms with Crippen LogP contribution in [-0.2, 0) is 9.59 Å². The summed E-state index contributed by atoms with van der Waals surface area (Å²) in [4.78, 5) is 35.0. The lowest BCUT2D eigenvalue weighted by molar-refractivity contribution is -0.120. The van der Waals surface area contributed by atoms with Gasteiger partial charge < -0.3 is 30.6 Å². The number of anilines is 2. The molecule has 9 nitrogen and oxygen atoms in total. The smallest absolute Gasteiger partial charge is 0.255 e. The number of methoxy groups -OCH3 is 2. The van der Waals surface area contributed by atoms with E-state index in [1.807, 2.05) is 0 Å². The summed E-state index contributed by atoms with van der Waals surface area (Å²) in [6, 6.07) is 9.63. The van der Waals surface area contributed by atoms with Gasteiger partial charge in [-0.3, -0.25) is 14.4 Å². The number of carbonyl (C=O) groups is 3. The van der Waals surface area contributed by atoms with Crippen molar-refractivity contribution in [3.63, 3.8) is 0 Å². The van der Waals surface area contributed by atoms with Gasteiger partial charge in [-0.25, -0.2) is 0 Å². The van der Waals surface area contributed by atoms with E-state index in [0.29, 0.717) is 17.8 Å². The van der Waals surface area contributed by atoms with E-state index in [1.54, 1.807) is 31.2 Å². The standard InChI is InChI=1S/C20H23N3O6/c1-4-18(25)22-13-5-7-14(8-6-13)23-20(26)12-9-15(27-2)19(16(10-12)28-3)29-11-17(21)24/h5-10H,4,11H2,1-3H3,(H2,21,24)(H,22,25)(H,23,26). The molecular weight excluding hydrogens is 378 g/mol. The molecule has 0 saturated heterocycles. The van der Waals surface area contributed by atoms with Gasteiger partial charge in [-0.05, 0) is 36.4 Å². The van der Waals surface area contributed by atoms with Crippen LogP contribution >= 0.6 is 0 Å².